The second kappa shape index (κ2) is 6.03. The molecule has 0 aliphatic heterocycles. The summed E-state index contributed by atoms with van der Waals surface area (Å²) in [5.74, 6) is -0.0756. The molecule has 2 aromatic heterocycles. The van der Waals surface area contributed by atoms with Crippen molar-refractivity contribution in [2.75, 3.05) is 11.1 Å². The summed E-state index contributed by atoms with van der Waals surface area (Å²) >= 11 is 0. The second-order valence-electron chi connectivity index (χ2n) is 5.56. The Kier molecular flexibility index (Phi) is 3.56. The van der Waals surface area contributed by atoms with Gasteiger partial charge in [0.15, 0.2) is 0 Å². The molecule has 26 heavy (non-hydrogen) atoms. The van der Waals surface area contributed by atoms with Crippen molar-refractivity contribution in [1.29, 1.82) is 5.26 Å². The molecule has 9 heteroatoms. The van der Waals surface area contributed by atoms with Crippen molar-refractivity contribution in [3.8, 4) is 17.5 Å². The summed E-state index contributed by atoms with van der Waals surface area (Å²) in [5, 5.41) is 26.5. The van der Waals surface area contributed by atoms with Gasteiger partial charge in [-0.1, -0.05) is 12.1 Å². The Morgan fingerprint density at radius 1 is 1.23 bits per heavy atom. The number of aromatic nitrogens is 5. The first kappa shape index (κ1) is 15.3. The van der Waals surface area contributed by atoms with Crippen LogP contribution in [0.25, 0.3) is 22.3 Å². The van der Waals surface area contributed by atoms with Crippen molar-refractivity contribution < 1.29 is 4.79 Å². The largest absolute Gasteiger partial charge is 0.397 e. The van der Waals surface area contributed by atoms with E-state index in [0.717, 1.165) is 5.39 Å². The number of amides is 1. The molecule has 0 saturated carbocycles. The minimum atomic E-state index is -0.352. The van der Waals surface area contributed by atoms with E-state index in [4.69, 9.17) is 11.0 Å². The molecule has 4 aromatic rings. The maximum absolute atomic E-state index is 12.7. The topological polar surface area (TPSA) is 149 Å². The van der Waals surface area contributed by atoms with E-state index in [1.807, 2.05) is 18.2 Å². The lowest BCUT2D eigenvalue weighted by Crippen LogP contribution is -2.13. The van der Waals surface area contributed by atoms with Gasteiger partial charge in [0.2, 0.25) is 5.82 Å². The molecule has 0 aliphatic carbocycles. The Balaban J connectivity index is 1.71. The summed E-state index contributed by atoms with van der Waals surface area (Å²) in [6, 6.07) is 14.0. The van der Waals surface area contributed by atoms with Crippen LogP contribution in [0, 0.1) is 11.3 Å². The van der Waals surface area contributed by atoms with Crippen LogP contribution in [0.2, 0.25) is 0 Å². The predicted molar refractivity (Wildman–Crippen MR) is 95.0 cm³/mol. The number of nitriles is 1. The lowest BCUT2D eigenvalue weighted by Gasteiger charge is -2.08. The van der Waals surface area contributed by atoms with Gasteiger partial charge in [0, 0.05) is 10.9 Å². The molecule has 5 N–H and O–H groups in total. The quantitative estimate of drug-likeness (QED) is 0.418. The summed E-state index contributed by atoms with van der Waals surface area (Å²) in [4.78, 5) is 15.7. The third kappa shape index (κ3) is 2.61. The normalized spacial score (nSPS) is 10.6. The number of carbonyl (C=O) groups is 1. The molecular formula is C17H12N8O. The molecule has 0 fully saturated rings. The Morgan fingerprint density at radius 2 is 2.12 bits per heavy atom. The number of nitrogens with one attached hydrogen (secondary N) is 3. The van der Waals surface area contributed by atoms with Crippen molar-refractivity contribution in [3.63, 3.8) is 0 Å². The van der Waals surface area contributed by atoms with Crippen molar-refractivity contribution in [3.05, 3.63) is 53.7 Å². The Morgan fingerprint density at radius 3 is 2.85 bits per heavy atom. The summed E-state index contributed by atoms with van der Waals surface area (Å²) < 4.78 is 0. The number of aromatic amines is 2. The molecule has 0 bridgehead atoms. The highest BCUT2D eigenvalue weighted by Crippen LogP contribution is 2.27. The fourth-order valence-electron chi connectivity index (χ4n) is 2.68. The van der Waals surface area contributed by atoms with Gasteiger partial charge in [-0.2, -0.15) is 10.5 Å². The average Bonchev–Trinajstić information content (AvgIpc) is 3.32. The summed E-state index contributed by atoms with van der Waals surface area (Å²) in [5.41, 5.74) is 8.92. The van der Waals surface area contributed by atoms with Crippen molar-refractivity contribution in [2.45, 2.75) is 0 Å². The molecule has 9 nitrogen and oxygen atoms in total. The standard InChI is InChI=1S/C17H12N8O/c18-8-9-4-5-13(11(6-9)16-22-24-25-23-16)21-17(26)14-7-10-2-1-3-12(19)15(10)20-14/h1-7,20H,19H2,(H,21,26)(H,22,23,24,25). The molecule has 126 valence electrons. The molecule has 4 rings (SSSR count). The van der Waals surface area contributed by atoms with Gasteiger partial charge < -0.3 is 16.0 Å². The van der Waals surface area contributed by atoms with E-state index < -0.39 is 0 Å². The first-order valence-corrected chi connectivity index (χ1v) is 7.62. The average molecular weight is 344 g/mol. The molecule has 1 amide bonds. The molecule has 2 heterocycles. The number of hydrogen-bond acceptors (Lipinski definition) is 6. The number of nitrogens with zero attached hydrogens (tertiary/aromatic N) is 4. The van der Waals surface area contributed by atoms with Gasteiger partial charge in [0.1, 0.15) is 5.69 Å². The van der Waals surface area contributed by atoms with Crippen LogP contribution >= 0.6 is 0 Å². The van der Waals surface area contributed by atoms with Crippen LogP contribution in [0.5, 0.6) is 0 Å². The van der Waals surface area contributed by atoms with Crippen LogP contribution in [0.15, 0.2) is 42.5 Å². The number of para-hydroxylation sites is 1. The lowest BCUT2D eigenvalue weighted by molar-refractivity contribution is 0.102. The van der Waals surface area contributed by atoms with Gasteiger partial charge in [-0.15, -0.1) is 10.2 Å². The van der Waals surface area contributed by atoms with Crippen molar-refractivity contribution >= 4 is 28.2 Å². The monoisotopic (exact) mass is 344 g/mol. The molecule has 0 spiro atoms. The molecule has 0 radical (unpaired) electrons. The maximum atomic E-state index is 12.7. The van der Waals surface area contributed by atoms with Crippen LogP contribution in [-0.4, -0.2) is 31.5 Å². The molecule has 0 atom stereocenters. The third-order valence-corrected chi connectivity index (χ3v) is 3.92. The number of H-pyrrole nitrogens is 2. The Hall–Kier alpha value is -4.19. The first-order chi connectivity index (χ1) is 12.7. The summed E-state index contributed by atoms with van der Waals surface area (Å²) in [6.45, 7) is 0. The van der Waals surface area contributed by atoms with Crippen LogP contribution < -0.4 is 11.1 Å². The number of hydrogen-bond donors (Lipinski definition) is 4. The zero-order valence-corrected chi connectivity index (χ0v) is 13.3. The van der Waals surface area contributed by atoms with E-state index in [-0.39, 0.29) is 11.7 Å². The second-order valence-corrected chi connectivity index (χ2v) is 5.56. The summed E-state index contributed by atoms with van der Waals surface area (Å²) in [7, 11) is 0. The van der Waals surface area contributed by atoms with Crippen LogP contribution in [0.3, 0.4) is 0 Å². The lowest BCUT2D eigenvalue weighted by atomic mass is 10.1. The number of rotatable bonds is 3. The Bertz CT molecular complexity index is 1150. The smallest absolute Gasteiger partial charge is 0.272 e. The number of nitrogen functional groups attached to an aromatic ring is 1. The molecule has 2 aromatic carbocycles. The van der Waals surface area contributed by atoms with E-state index in [1.165, 1.54) is 0 Å². The third-order valence-electron chi connectivity index (χ3n) is 3.92. The maximum Gasteiger partial charge on any atom is 0.272 e. The summed E-state index contributed by atoms with van der Waals surface area (Å²) in [6.07, 6.45) is 0. The van der Waals surface area contributed by atoms with Gasteiger partial charge in [-0.3, -0.25) is 4.79 Å². The minimum Gasteiger partial charge on any atom is -0.397 e. The van der Waals surface area contributed by atoms with E-state index in [2.05, 4.69) is 30.9 Å². The van der Waals surface area contributed by atoms with Crippen LogP contribution in [0.1, 0.15) is 16.1 Å². The number of tetrazole rings is 1. The number of anilines is 2. The number of carbonyl (C=O) groups excluding carboxylic acids is 1. The highest BCUT2D eigenvalue weighted by molar-refractivity contribution is 6.08. The fourth-order valence-corrected chi connectivity index (χ4v) is 2.68. The van der Waals surface area contributed by atoms with Gasteiger partial charge in [-0.05, 0) is 35.5 Å². The zero-order chi connectivity index (χ0) is 18.1. The predicted octanol–water partition coefficient (Wildman–Crippen LogP) is 2.05. The van der Waals surface area contributed by atoms with Crippen molar-refractivity contribution in [1.82, 2.24) is 25.6 Å². The number of nitrogens with two attached hydrogens (primary N) is 1. The van der Waals surface area contributed by atoms with E-state index >= 15 is 0 Å². The first-order valence-electron chi connectivity index (χ1n) is 7.62. The Labute approximate surface area is 146 Å². The van der Waals surface area contributed by atoms with Gasteiger partial charge >= 0.3 is 0 Å². The van der Waals surface area contributed by atoms with Gasteiger partial charge in [-0.25, -0.2) is 0 Å². The van der Waals surface area contributed by atoms with Gasteiger partial charge in [0.25, 0.3) is 5.91 Å². The van der Waals surface area contributed by atoms with Crippen LogP contribution in [-0.2, 0) is 0 Å². The fraction of sp³-hybridized carbons (Fsp3) is 0. The van der Waals surface area contributed by atoms with Gasteiger partial charge in [0.05, 0.1) is 28.5 Å². The molecular weight excluding hydrogens is 332 g/mol. The molecule has 0 aliphatic rings. The van der Waals surface area contributed by atoms with Crippen LogP contribution in [0.4, 0.5) is 11.4 Å². The molecule has 0 unspecified atom stereocenters. The van der Waals surface area contributed by atoms with E-state index in [1.54, 1.807) is 30.3 Å². The highest BCUT2D eigenvalue weighted by atomic mass is 16.1. The van der Waals surface area contributed by atoms with E-state index in [0.29, 0.717) is 33.7 Å². The highest BCUT2D eigenvalue weighted by Gasteiger charge is 2.16. The molecule has 0 saturated heterocycles. The zero-order valence-electron chi connectivity index (χ0n) is 13.3. The van der Waals surface area contributed by atoms with Crippen molar-refractivity contribution in [2.24, 2.45) is 0 Å². The number of benzene rings is 2. The SMILES string of the molecule is N#Cc1ccc(NC(=O)c2cc3cccc(N)c3[nH]2)c(-c2nn[nH]n2)c1. The van der Waals surface area contributed by atoms with E-state index in [9.17, 15) is 4.79 Å². The number of fused-ring (bicyclic) bond motifs is 1. The minimum absolute atomic E-state index is 0.276.